The van der Waals surface area contributed by atoms with Crippen LogP contribution in [0.5, 0.6) is 0 Å². The molecule has 0 aliphatic heterocycles. The zero-order valence-corrected chi connectivity index (χ0v) is 12.7. The van der Waals surface area contributed by atoms with E-state index in [0.29, 0.717) is 28.9 Å². The van der Waals surface area contributed by atoms with Crippen molar-refractivity contribution in [2.45, 2.75) is 25.3 Å². The van der Waals surface area contributed by atoms with Crippen LogP contribution in [0.4, 0.5) is 0 Å². The van der Waals surface area contributed by atoms with E-state index in [1.807, 2.05) is 6.07 Å². The lowest BCUT2D eigenvalue weighted by molar-refractivity contribution is -0.121. The molecule has 3 nitrogen and oxygen atoms in total. The van der Waals surface area contributed by atoms with E-state index in [2.05, 4.69) is 5.32 Å². The van der Waals surface area contributed by atoms with Crippen LogP contribution in [0.3, 0.4) is 0 Å². The Kier molecular flexibility index (Phi) is 6.40. The highest BCUT2D eigenvalue weighted by Crippen LogP contribution is 2.32. The second-order valence-corrected chi connectivity index (χ2v) is 5.49. The maximum atomic E-state index is 11.9. The topological polar surface area (TPSA) is 55.1 Å². The molecule has 0 spiro atoms. The summed E-state index contributed by atoms with van der Waals surface area (Å²) in [5, 5.41) is 3.94. The van der Waals surface area contributed by atoms with E-state index in [4.69, 9.17) is 28.9 Å². The molecule has 1 aromatic rings. The number of hydrogen-bond donors (Lipinski definition) is 2. The lowest BCUT2D eigenvalue weighted by atomic mass is 10.1. The minimum Gasteiger partial charge on any atom is -0.352 e. The average molecular weight is 324 g/mol. The van der Waals surface area contributed by atoms with Gasteiger partial charge < -0.3 is 11.1 Å². The van der Waals surface area contributed by atoms with E-state index in [1.165, 1.54) is 0 Å². The molecule has 1 amide bonds. The van der Waals surface area contributed by atoms with Crippen LogP contribution >= 0.6 is 35.6 Å². The van der Waals surface area contributed by atoms with Crippen LogP contribution in [-0.2, 0) is 11.2 Å². The van der Waals surface area contributed by atoms with Gasteiger partial charge in [0.05, 0.1) is 16.5 Å². The minimum atomic E-state index is -0.0178. The smallest absolute Gasteiger partial charge is 0.224 e. The number of halogens is 3. The van der Waals surface area contributed by atoms with Crippen LogP contribution < -0.4 is 11.1 Å². The van der Waals surface area contributed by atoms with Gasteiger partial charge in [0.15, 0.2) is 0 Å². The van der Waals surface area contributed by atoms with Gasteiger partial charge in [-0.3, -0.25) is 4.79 Å². The summed E-state index contributed by atoms with van der Waals surface area (Å²) in [6.45, 7) is 0.498. The number of amides is 1. The first-order chi connectivity index (χ1) is 8.60. The van der Waals surface area contributed by atoms with Gasteiger partial charge >= 0.3 is 0 Å². The molecule has 0 heterocycles. The lowest BCUT2D eigenvalue weighted by Crippen LogP contribution is -2.42. The Morgan fingerprint density at radius 2 is 2.05 bits per heavy atom. The number of nitrogens with two attached hydrogens (primary N) is 1. The predicted molar refractivity (Wildman–Crippen MR) is 81.1 cm³/mol. The third kappa shape index (κ3) is 4.84. The molecule has 6 heteroatoms. The molecule has 0 bridgehead atoms. The normalized spacial score (nSPS) is 15.5. The van der Waals surface area contributed by atoms with E-state index >= 15 is 0 Å². The lowest BCUT2D eigenvalue weighted by Gasteiger charge is -2.16. The van der Waals surface area contributed by atoms with Crippen molar-refractivity contribution in [2.24, 2.45) is 11.7 Å². The SMILES string of the molecule is Cl.NCC(NC(=O)Cc1ccc(Cl)c(Cl)c1)C1CC1. The van der Waals surface area contributed by atoms with Crippen molar-refractivity contribution in [1.29, 1.82) is 0 Å². The fraction of sp³-hybridized carbons (Fsp3) is 0.462. The Morgan fingerprint density at radius 1 is 1.37 bits per heavy atom. The summed E-state index contributed by atoms with van der Waals surface area (Å²) in [4.78, 5) is 11.9. The fourth-order valence-electron chi connectivity index (χ4n) is 1.96. The molecule has 1 saturated carbocycles. The molecule has 1 aromatic carbocycles. The standard InChI is InChI=1S/C13H16Cl2N2O.ClH/c14-10-4-1-8(5-11(10)15)6-13(18)17-12(7-16)9-2-3-9;/h1,4-5,9,12H,2-3,6-7,16H2,(H,17,18);1H. The van der Waals surface area contributed by atoms with Crippen LogP contribution in [0.1, 0.15) is 18.4 Å². The summed E-state index contributed by atoms with van der Waals surface area (Å²) < 4.78 is 0. The maximum Gasteiger partial charge on any atom is 0.224 e. The summed E-state index contributed by atoms with van der Waals surface area (Å²) in [6, 6.07) is 5.34. The van der Waals surface area contributed by atoms with E-state index in [9.17, 15) is 4.79 Å². The molecule has 0 saturated heterocycles. The van der Waals surface area contributed by atoms with Gasteiger partial charge in [-0.05, 0) is 36.5 Å². The molecule has 1 aliphatic carbocycles. The summed E-state index contributed by atoms with van der Waals surface area (Å²) in [5.74, 6) is 0.545. The number of carbonyl (C=O) groups excluding carboxylic acids is 1. The van der Waals surface area contributed by atoms with Gasteiger partial charge in [-0.25, -0.2) is 0 Å². The summed E-state index contributed by atoms with van der Waals surface area (Å²) in [6.07, 6.45) is 2.63. The average Bonchev–Trinajstić information content (AvgIpc) is 3.15. The van der Waals surface area contributed by atoms with Crippen LogP contribution in [0.2, 0.25) is 10.0 Å². The third-order valence-electron chi connectivity index (χ3n) is 3.14. The van der Waals surface area contributed by atoms with Crippen LogP contribution in [-0.4, -0.2) is 18.5 Å². The third-order valence-corrected chi connectivity index (χ3v) is 3.88. The van der Waals surface area contributed by atoms with Gasteiger partial charge in [-0.1, -0.05) is 29.3 Å². The van der Waals surface area contributed by atoms with Crippen molar-refractivity contribution in [3.05, 3.63) is 33.8 Å². The first-order valence-electron chi connectivity index (χ1n) is 6.03. The second-order valence-electron chi connectivity index (χ2n) is 4.67. The number of benzene rings is 1. The van der Waals surface area contributed by atoms with Gasteiger partial charge in [0.1, 0.15) is 0 Å². The Labute approximate surface area is 129 Å². The zero-order chi connectivity index (χ0) is 13.1. The first kappa shape index (κ1) is 16.6. The van der Waals surface area contributed by atoms with Crippen LogP contribution in [0, 0.1) is 5.92 Å². The highest BCUT2D eigenvalue weighted by atomic mass is 35.5. The van der Waals surface area contributed by atoms with Crippen molar-refractivity contribution in [3.8, 4) is 0 Å². The van der Waals surface area contributed by atoms with Gasteiger partial charge in [0.2, 0.25) is 5.91 Å². The largest absolute Gasteiger partial charge is 0.352 e. The second kappa shape index (κ2) is 7.34. The Hall–Kier alpha value is -0.480. The maximum absolute atomic E-state index is 11.9. The van der Waals surface area contributed by atoms with Gasteiger partial charge in [0.25, 0.3) is 0 Å². The van der Waals surface area contributed by atoms with Crippen molar-refractivity contribution < 1.29 is 4.79 Å². The Bertz CT molecular complexity index is 450. The van der Waals surface area contributed by atoms with Crippen molar-refractivity contribution in [3.63, 3.8) is 0 Å². The summed E-state index contributed by atoms with van der Waals surface area (Å²) >= 11 is 11.7. The summed E-state index contributed by atoms with van der Waals surface area (Å²) in [5.41, 5.74) is 6.50. The predicted octanol–water partition coefficient (Wildman–Crippen LogP) is 2.81. The minimum absolute atomic E-state index is 0. The number of hydrogen-bond acceptors (Lipinski definition) is 2. The molecule has 1 atom stereocenters. The highest BCUT2D eigenvalue weighted by molar-refractivity contribution is 6.42. The molecule has 3 N–H and O–H groups in total. The number of nitrogens with one attached hydrogen (secondary N) is 1. The van der Waals surface area contributed by atoms with Gasteiger partial charge in [0, 0.05) is 12.6 Å². The highest BCUT2D eigenvalue weighted by Gasteiger charge is 2.31. The number of carbonyl (C=O) groups is 1. The van der Waals surface area contributed by atoms with Crippen LogP contribution in [0.25, 0.3) is 0 Å². The molecule has 106 valence electrons. The summed E-state index contributed by atoms with van der Waals surface area (Å²) in [7, 11) is 0. The van der Waals surface area contributed by atoms with E-state index < -0.39 is 0 Å². The molecule has 2 rings (SSSR count). The fourth-order valence-corrected chi connectivity index (χ4v) is 2.28. The molecule has 1 unspecified atom stereocenters. The van der Waals surface area contributed by atoms with Crippen molar-refractivity contribution in [1.82, 2.24) is 5.32 Å². The van der Waals surface area contributed by atoms with E-state index in [1.54, 1.807) is 12.1 Å². The van der Waals surface area contributed by atoms with Crippen molar-refractivity contribution >= 4 is 41.5 Å². The molecule has 0 aromatic heterocycles. The van der Waals surface area contributed by atoms with E-state index in [-0.39, 0.29) is 24.4 Å². The Balaban J connectivity index is 0.00000180. The Morgan fingerprint density at radius 3 is 2.58 bits per heavy atom. The zero-order valence-electron chi connectivity index (χ0n) is 10.4. The molecular weight excluding hydrogens is 307 g/mol. The van der Waals surface area contributed by atoms with Crippen LogP contribution in [0.15, 0.2) is 18.2 Å². The monoisotopic (exact) mass is 322 g/mol. The molecule has 1 fully saturated rings. The first-order valence-corrected chi connectivity index (χ1v) is 6.79. The molecule has 19 heavy (non-hydrogen) atoms. The quantitative estimate of drug-likeness (QED) is 0.875. The van der Waals surface area contributed by atoms with Gasteiger partial charge in [-0.15, -0.1) is 12.4 Å². The van der Waals surface area contributed by atoms with Gasteiger partial charge in [-0.2, -0.15) is 0 Å². The molecular formula is C13H17Cl3N2O. The molecule has 1 aliphatic rings. The number of rotatable bonds is 5. The van der Waals surface area contributed by atoms with E-state index in [0.717, 1.165) is 18.4 Å². The van der Waals surface area contributed by atoms with Crippen molar-refractivity contribution in [2.75, 3.05) is 6.54 Å². The molecule has 0 radical (unpaired) electrons.